The van der Waals surface area contributed by atoms with Crippen LogP contribution < -0.4 is 0 Å². The van der Waals surface area contributed by atoms with E-state index in [0.717, 1.165) is 70.6 Å². The minimum absolute atomic E-state index is 0.130. The Morgan fingerprint density at radius 2 is 0.667 bits per heavy atom. The third kappa shape index (κ3) is 50.8. The minimum Gasteiger partial charge on any atom is -0.462 e. The average Bonchev–Trinajstić information content (AvgIpc) is 3.31. The molecule has 0 aliphatic heterocycles. The van der Waals surface area contributed by atoms with Crippen LogP contribution >= 0.6 is 0 Å². The van der Waals surface area contributed by atoms with Crippen LogP contribution in [-0.2, 0) is 28.6 Å². The van der Waals surface area contributed by atoms with E-state index in [1.807, 2.05) is 54.7 Å². The van der Waals surface area contributed by atoms with E-state index >= 15 is 0 Å². The topological polar surface area (TPSA) is 78.9 Å². The zero-order chi connectivity index (χ0) is 47.9. The summed E-state index contributed by atoms with van der Waals surface area (Å²) in [4.78, 5) is 38.0. The first-order valence-corrected chi connectivity index (χ1v) is 26.6. The molecule has 0 N–H and O–H groups in total. The van der Waals surface area contributed by atoms with Gasteiger partial charge in [-0.1, -0.05) is 226 Å². The van der Waals surface area contributed by atoms with Crippen molar-refractivity contribution in [1.29, 1.82) is 0 Å². The van der Waals surface area contributed by atoms with Gasteiger partial charge in [0.05, 0.1) is 0 Å². The largest absolute Gasteiger partial charge is 0.462 e. The lowest BCUT2D eigenvalue weighted by molar-refractivity contribution is -0.167. The van der Waals surface area contributed by atoms with Crippen molar-refractivity contribution in [3.8, 4) is 0 Å². The van der Waals surface area contributed by atoms with Crippen molar-refractivity contribution in [1.82, 2.24) is 0 Å². The van der Waals surface area contributed by atoms with E-state index in [1.54, 1.807) is 0 Å². The molecule has 0 aromatic heterocycles. The lowest BCUT2D eigenvalue weighted by atomic mass is 10.1. The highest BCUT2D eigenvalue weighted by Crippen LogP contribution is 2.13. The molecule has 0 heterocycles. The Bertz CT molecular complexity index is 1420. The summed E-state index contributed by atoms with van der Waals surface area (Å²) >= 11 is 0. The van der Waals surface area contributed by atoms with Gasteiger partial charge in [0, 0.05) is 19.3 Å². The maximum Gasteiger partial charge on any atom is 0.306 e. The zero-order valence-corrected chi connectivity index (χ0v) is 42.4. The summed E-state index contributed by atoms with van der Waals surface area (Å²) in [5, 5.41) is 0. The molecule has 372 valence electrons. The summed E-state index contributed by atoms with van der Waals surface area (Å²) in [6, 6.07) is 0. The fourth-order valence-electron chi connectivity index (χ4n) is 6.81. The van der Waals surface area contributed by atoms with Crippen LogP contribution in [0.15, 0.2) is 122 Å². The maximum atomic E-state index is 12.8. The molecule has 6 nitrogen and oxygen atoms in total. The van der Waals surface area contributed by atoms with Crippen LogP contribution in [0.3, 0.4) is 0 Å². The third-order valence-corrected chi connectivity index (χ3v) is 10.8. The molecule has 0 bridgehead atoms. The molecule has 0 saturated heterocycles. The lowest BCUT2D eigenvalue weighted by Crippen LogP contribution is -2.30. The van der Waals surface area contributed by atoms with Gasteiger partial charge in [0.25, 0.3) is 0 Å². The molecule has 0 aromatic rings. The van der Waals surface area contributed by atoms with Gasteiger partial charge in [-0.05, 0) is 96.3 Å². The summed E-state index contributed by atoms with van der Waals surface area (Å²) in [6.45, 7) is 6.34. The Kier molecular flexibility index (Phi) is 50.0. The predicted octanol–water partition coefficient (Wildman–Crippen LogP) is 17.7. The Labute approximate surface area is 405 Å². The minimum atomic E-state index is -0.842. The molecule has 0 spiro atoms. The number of ether oxygens (including phenoxy) is 3. The molecule has 0 amide bonds. The summed E-state index contributed by atoms with van der Waals surface area (Å²) in [5.41, 5.74) is 0. The van der Waals surface area contributed by atoms with Gasteiger partial charge in [-0.25, -0.2) is 0 Å². The van der Waals surface area contributed by atoms with Crippen LogP contribution in [-0.4, -0.2) is 37.2 Å². The highest BCUT2D eigenvalue weighted by atomic mass is 16.6. The lowest BCUT2D eigenvalue weighted by Gasteiger charge is -2.18. The molecule has 0 fully saturated rings. The molecule has 6 heteroatoms. The van der Waals surface area contributed by atoms with Crippen LogP contribution in [0.2, 0.25) is 0 Å². The SMILES string of the molecule is CC\C=C/C=C\C=C/C=C\C=C/CCCC(=O)OCC(COC(=O)CCCCCCC/C=C\CCCCCCCCCCC)OC(=O)CCC/C=C\C/C=C\C/C=C\C/C=C\CCCCC. The van der Waals surface area contributed by atoms with Crippen LogP contribution in [0.5, 0.6) is 0 Å². The smallest absolute Gasteiger partial charge is 0.306 e. The van der Waals surface area contributed by atoms with E-state index in [1.165, 1.54) is 96.3 Å². The van der Waals surface area contributed by atoms with Crippen molar-refractivity contribution in [2.75, 3.05) is 13.2 Å². The molecule has 0 saturated carbocycles. The average molecular weight is 913 g/mol. The van der Waals surface area contributed by atoms with Crippen LogP contribution in [0.1, 0.15) is 220 Å². The number of carbonyl (C=O) groups excluding carboxylic acids is 3. The number of unbranched alkanes of at least 4 members (excludes halogenated alkanes) is 19. The molecule has 1 unspecified atom stereocenters. The number of allylic oxidation sites excluding steroid dienone is 20. The Hall–Kier alpha value is -4.19. The molecular formula is C60H96O6. The van der Waals surface area contributed by atoms with Crippen molar-refractivity contribution in [3.05, 3.63) is 122 Å². The van der Waals surface area contributed by atoms with E-state index in [0.29, 0.717) is 19.3 Å². The molecule has 0 rings (SSSR count). The quantitative estimate of drug-likeness (QED) is 0.0199. The number of hydrogen-bond donors (Lipinski definition) is 0. The van der Waals surface area contributed by atoms with Crippen LogP contribution in [0.25, 0.3) is 0 Å². The van der Waals surface area contributed by atoms with Gasteiger partial charge in [-0.3, -0.25) is 14.4 Å². The van der Waals surface area contributed by atoms with Gasteiger partial charge in [-0.15, -0.1) is 0 Å². The van der Waals surface area contributed by atoms with Gasteiger partial charge < -0.3 is 14.2 Å². The maximum absolute atomic E-state index is 12.8. The number of esters is 3. The monoisotopic (exact) mass is 913 g/mol. The first kappa shape index (κ1) is 61.8. The van der Waals surface area contributed by atoms with Crippen molar-refractivity contribution < 1.29 is 28.6 Å². The van der Waals surface area contributed by atoms with E-state index in [-0.39, 0.29) is 38.0 Å². The second kappa shape index (κ2) is 53.4. The van der Waals surface area contributed by atoms with E-state index in [9.17, 15) is 14.4 Å². The summed E-state index contributed by atoms with van der Waals surface area (Å²) in [5.74, 6) is -1.08. The molecule has 0 aliphatic rings. The summed E-state index contributed by atoms with van der Waals surface area (Å²) in [7, 11) is 0. The van der Waals surface area contributed by atoms with Crippen molar-refractivity contribution in [3.63, 3.8) is 0 Å². The second-order valence-electron chi connectivity index (χ2n) is 17.2. The van der Waals surface area contributed by atoms with Crippen LogP contribution in [0.4, 0.5) is 0 Å². The zero-order valence-electron chi connectivity index (χ0n) is 42.4. The standard InChI is InChI=1S/C60H96O6/c1-4-7-10-13-16-19-22-25-27-29-31-32-35-38-41-44-47-50-53-59(62)65-56-57(55-64-58(61)52-49-46-43-40-37-34-24-21-18-15-12-9-6-3)66-60(63)54-51-48-45-42-39-36-33-30-28-26-23-20-17-14-11-8-5-2/h9,12,15,17-18,20-21,24,26,28,31-34,36-37,40,42-43,45,57H,4-8,10-11,13-14,16,19,22-23,25,27,29-30,35,38-39,41,44,46-56H2,1-3H3/b12-9-,18-15-,20-17-,24-21-,28-26-,32-31-,36-33-,37-34-,43-40-,45-42-. The number of rotatable bonds is 46. The molecule has 1 atom stereocenters. The van der Waals surface area contributed by atoms with Gasteiger partial charge in [0.2, 0.25) is 0 Å². The predicted molar refractivity (Wildman–Crippen MR) is 283 cm³/mol. The van der Waals surface area contributed by atoms with E-state index in [4.69, 9.17) is 14.2 Å². The Morgan fingerprint density at radius 1 is 0.333 bits per heavy atom. The van der Waals surface area contributed by atoms with E-state index in [2.05, 4.69) is 87.6 Å². The van der Waals surface area contributed by atoms with Gasteiger partial charge in [0.15, 0.2) is 6.10 Å². The number of carbonyl (C=O) groups is 3. The molecule has 0 radical (unpaired) electrons. The number of hydrogen-bond acceptors (Lipinski definition) is 6. The molecule has 0 aromatic carbocycles. The van der Waals surface area contributed by atoms with Crippen LogP contribution in [0, 0.1) is 0 Å². The van der Waals surface area contributed by atoms with Crippen molar-refractivity contribution in [2.45, 2.75) is 226 Å². The first-order valence-electron chi connectivity index (χ1n) is 26.6. The highest BCUT2D eigenvalue weighted by Gasteiger charge is 2.19. The van der Waals surface area contributed by atoms with Gasteiger partial charge in [0.1, 0.15) is 13.2 Å². The normalized spacial score (nSPS) is 13.1. The fourth-order valence-corrected chi connectivity index (χ4v) is 6.81. The van der Waals surface area contributed by atoms with Crippen molar-refractivity contribution >= 4 is 17.9 Å². The molecular weight excluding hydrogens is 817 g/mol. The Balaban J connectivity index is 4.57. The first-order chi connectivity index (χ1) is 32.5. The molecule has 66 heavy (non-hydrogen) atoms. The van der Waals surface area contributed by atoms with Gasteiger partial charge >= 0.3 is 17.9 Å². The van der Waals surface area contributed by atoms with Gasteiger partial charge in [-0.2, -0.15) is 0 Å². The third-order valence-electron chi connectivity index (χ3n) is 10.8. The molecule has 0 aliphatic carbocycles. The highest BCUT2D eigenvalue weighted by molar-refractivity contribution is 5.71. The summed E-state index contributed by atoms with van der Waals surface area (Å²) < 4.78 is 16.7. The fraction of sp³-hybridized carbons (Fsp3) is 0.617. The second-order valence-corrected chi connectivity index (χ2v) is 17.2. The van der Waals surface area contributed by atoms with E-state index < -0.39 is 12.1 Å². The Morgan fingerprint density at radius 3 is 1.17 bits per heavy atom. The summed E-state index contributed by atoms with van der Waals surface area (Å²) in [6.07, 6.45) is 73.4. The van der Waals surface area contributed by atoms with Crippen molar-refractivity contribution in [2.24, 2.45) is 0 Å².